The molecule has 2 aromatic rings. The molecule has 5 nitrogen and oxygen atoms in total. The Morgan fingerprint density at radius 3 is 2.82 bits per heavy atom. The van der Waals surface area contributed by atoms with E-state index in [0.717, 1.165) is 5.56 Å². The fourth-order valence-electron chi connectivity index (χ4n) is 1.30. The molecule has 0 aliphatic carbocycles. The quantitative estimate of drug-likeness (QED) is 0.644. The Morgan fingerprint density at radius 1 is 1.41 bits per heavy atom. The van der Waals surface area contributed by atoms with Crippen molar-refractivity contribution in [3.8, 4) is 0 Å². The van der Waals surface area contributed by atoms with Crippen LogP contribution in [-0.4, -0.2) is 17.1 Å². The van der Waals surface area contributed by atoms with Crippen LogP contribution in [0.2, 0.25) is 0 Å². The summed E-state index contributed by atoms with van der Waals surface area (Å²) in [7, 11) is 0. The fourth-order valence-corrected chi connectivity index (χ4v) is 1.30. The second-order valence-electron chi connectivity index (χ2n) is 3.37. The molecule has 0 saturated heterocycles. The maximum atomic E-state index is 11.6. The van der Waals surface area contributed by atoms with Crippen LogP contribution in [0, 0.1) is 6.92 Å². The highest BCUT2D eigenvalue weighted by Gasteiger charge is 2.09. The number of pyridine rings is 1. The smallest absolute Gasteiger partial charge is 0.274 e. The average molecular weight is 229 g/mol. The molecule has 2 aromatic heterocycles. The molecule has 0 fully saturated rings. The zero-order chi connectivity index (χ0) is 12.1. The third-order valence-corrected chi connectivity index (χ3v) is 2.19. The van der Waals surface area contributed by atoms with E-state index in [1.165, 1.54) is 6.26 Å². The third kappa shape index (κ3) is 2.78. The second kappa shape index (κ2) is 5.07. The lowest BCUT2D eigenvalue weighted by Crippen LogP contribution is -2.17. The van der Waals surface area contributed by atoms with E-state index in [9.17, 15) is 4.79 Å². The van der Waals surface area contributed by atoms with Gasteiger partial charge in [0.25, 0.3) is 5.91 Å². The van der Waals surface area contributed by atoms with Crippen LogP contribution in [0.3, 0.4) is 0 Å². The van der Waals surface area contributed by atoms with Crippen molar-refractivity contribution in [2.24, 2.45) is 5.10 Å². The monoisotopic (exact) mass is 229 g/mol. The number of amides is 1. The van der Waals surface area contributed by atoms with Crippen LogP contribution in [0.5, 0.6) is 0 Å². The molecule has 1 amide bonds. The predicted octanol–water partition coefficient (Wildman–Crippen LogP) is 1.75. The number of aromatic nitrogens is 1. The van der Waals surface area contributed by atoms with Crippen LogP contribution in [-0.2, 0) is 0 Å². The van der Waals surface area contributed by atoms with Crippen molar-refractivity contribution in [2.45, 2.75) is 6.92 Å². The summed E-state index contributed by atoms with van der Waals surface area (Å²) in [5, 5.41) is 3.84. The van der Waals surface area contributed by atoms with E-state index in [1.807, 2.05) is 0 Å². The molecule has 2 heterocycles. The van der Waals surface area contributed by atoms with Gasteiger partial charge in [0.15, 0.2) is 0 Å². The van der Waals surface area contributed by atoms with Gasteiger partial charge < -0.3 is 4.42 Å². The summed E-state index contributed by atoms with van der Waals surface area (Å²) in [6, 6.07) is 5.18. The molecule has 0 radical (unpaired) electrons. The van der Waals surface area contributed by atoms with Gasteiger partial charge in [-0.15, -0.1) is 0 Å². The van der Waals surface area contributed by atoms with Crippen molar-refractivity contribution in [3.05, 3.63) is 53.7 Å². The average Bonchev–Trinajstić information content (AvgIpc) is 2.77. The fraction of sp³-hybridized carbons (Fsp3) is 0.0833. The van der Waals surface area contributed by atoms with E-state index in [-0.39, 0.29) is 5.91 Å². The minimum absolute atomic E-state index is 0.290. The molecular formula is C12H11N3O2. The van der Waals surface area contributed by atoms with Gasteiger partial charge in [-0.1, -0.05) is 0 Å². The maximum absolute atomic E-state index is 11.6. The Hall–Kier alpha value is -2.43. The number of carbonyl (C=O) groups is 1. The number of rotatable bonds is 3. The van der Waals surface area contributed by atoms with E-state index >= 15 is 0 Å². The van der Waals surface area contributed by atoms with Crippen LogP contribution in [0.4, 0.5) is 0 Å². The highest BCUT2D eigenvalue weighted by molar-refractivity contribution is 5.95. The first-order chi connectivity index (χ1) is 8.27. The van der Waals surface area contributed by atoms with E-state index < -0.39 is 0 Å². The molecule has 2 rings (SSSR count). The number of furan rings is 1. The summed E-state index contributed by atoms with van der Waals surface area (Å²) in [4.78, 5) is 15.5. The minimum atomic E-state index is -0.290. The summed E-state index contributed by atoms with van der Waals surface area (Å²) in [6.45, 7) is 1.72. The molecule has 0 atom stereocenters. The van der Waals surface area contributed by atoms with Crippen molar-refractivity contribution in [1.82, 2.24) is 10.4 Å². The molecule has 86 valence electrons. The molecule has 1 N–H and O–H groups in total. The molecule has 0 aliphatic rings. The Balaban J connectivity index is 1.98. The van der Waals surface area contributed by atoms with Gasteiger partial charge >= 0.3 is 0 Å². The van der Waals surface area contributed by atoms with Gasteiger partial charge in [-0.25, -0.2) is 5.43 Å². The van der Waals surface area contributed by atoms with Crippen LogP contribution in [0.25, 0.3) is 0 Å². The normalized spacial score (nSPS) is 10.6. The highest BCUT2D eigenvalue weighted by Crippen LogP contribution is 2.07. The Bertz CT molecular complexity index is 532. The largest absolute Gasteiger partial charge is 0.469 e. The van der Waals surface area contributed by atoms with Gasteiger partial charge in [-0.2, -0.15) is 5.10 Å². The van der Waals surface area contributed by atoms with E-state index in [2.05, 4.69) is 15.5 Å². The number of hydrogen-bond acceptors (Lipinski definition) is 4. The van der Waals surface area contributed by atoms with Crippen molar-refractivity contribution < 1.29 is 9.21 Å². The van der Waals surface area contributed by atoms with Gasteiger partial charge in [0.2, 0.25) is 0 Å². The predicted molar refractivity (Wildman–Crippen MR) is 62.7 cm³/mol. The van der Waals surface area contributed by atoms with Gasteiger partial charge in [0.05, 0.1) is 18.0 Å². The van der Waals surface area contributed by atoms with E-state index in [0.29, 0.717) is 11.3 Å². The first kappa shape index (κ1) is 11.1. The summed E-state index contributed by atoms with van der Waals surface area (Å²) in [6.07, 6.45) is 6.33. The third-order valence-electron chi connectivity index (χ3n) is 2.19. The standard InChI is InChI=1S/C12H11N3O2/c1-9-11(4-7-17-9)12(16)15-14-8-10-2-5-13-6-3-10/h2-8H,1H3,(H,15,16)/b14-8-. The lowest BCUT2D eigenvalue weighted by atomic mass is 10.2. The van der Waals surface area contributed by atoms with Crippen molar-refractivity contribution in [3.63, 3.8) is 0 Å². The summed E-state index contributed by atoms with van der Waals surface area (Å²) in [5.74, 6) is 0.281. The highest BCUT2D eigenvalue weighted by atomic mass is 16.3. The number of carbonyl (C=O) groups excluding carboxylic acids is 1. The SMILES string of the molecule is Cc1occc1C(=O)N/N=C\c1ccncc1. The Morgan fingerprint density at radius 2 is 2.18 bits per heavy atom. The zero-order valence-electron chi connectivity index (χ0n) is 9.25. The first-order valence-corrected chi connectivity index (χ1v) is 5.05. The van der Waals surface area contributed by atoms with Gasteiger partial charge in [-0.05, 0) is 30.7 Å². The molecule has 0 saturated carbocycles. The maximum Gasteiger partial charge on any atom is 0.274 e. The van der Waals surface area contributed by atoms with E-state index in [1.54, 1.807) is 43.7 Å². The number of hydrazone groups is 1. The first-order valence-electron chi connectivity index (χ1n) is 5.05. The van der Waals surface area contributed by atoms with Crippen molar-refractivity contribution in [2.75, 3.05) is 0 Å². The van der Waals surface area contributed by atoms with Crippen LogP contribution in [0.15, 0.2) is 46.4 Å². The minimum Gasteiger partial charge on any atom is -0.469 e. The van der Waals surface area contributed by atoms with Gasteiger partial charge in [0.1, 0.15) is 5.76 Å². The van der Waals surface area contributed by atoms with E-state index in [4.69, 9.17) is 4.42 Å². The molecular weight excluding hydrogens is 218 g/mol. The molecule has 0 aromatic carbocycles. The van der Waals surface area contributed by atoms with Crippen LogP contribution in [0.1, 0.15) is 21.7 Å². The number of nitrogens with zero attached hydrogens (tertiary/aromatic N) is 2. The number of aryl methyl sites for hydroxylation is 1. The second-order valence-corrected chi connectivity index (χ2v) is 3.37. The molecule has 0 spiro atoms. The van der Waals surface area contributed by atoms with Crippen LogP contribution >= 0.6 is 0 Å². The summed E-state index contributed by atoms with van der Waals surface area (Å²) < 4.78 is 5.03. The van der Waals surface area contributed by atoms with Crippen molar-refractivity contribution >= 4 is 12.1 Å². The molecule has 0 unspecified atom stereocenters. The number of nitrogens with one attached hydrogen (secondary N) is 1. The summed E-state index contributed by atoms with van der Waals surface area (Å²) >= 11 is 0. The molecule has 0 aliphatic heterocycles. The molecule has 5 heteroatoms. The van der Waals surface area contributed by atoms with Gasteiger partial charge in [0, 0.05) is 12.4 Å². The zero-order valence-corrected chi connectivity index (χ0v) is 9.25. The molecule has 0 bridgehead atoms. The van der Waals surface area contributed by atoms with Crippen LogP contribution < -0.4 is 5.43 Å². The van der Waals surface area contributed by atoms with Crippen molar-refractivity contribution in [1.29, 1.82) is 0 Å². The topological polar surface area (TPSA) is 67.5 Å². The molecule has 17 heavy (non-hydrogen) atoms. The Kier molecular flexibility index (Phi) is 3.30. The lowest BCUT2D eigenvalue weighted by Gasteiger charge is -1.97. The lowest BCUT2D eigenvalue weighted by molar-refractivity contribution is 0.0953. The van der Waals surface area contributed by atoms with Gasteiger partial charge in [-0.3, -0.25) is 9.78 Å². The Labute approximate surface area is 98.2 Å². The summed E-state index contributed by atoms with van der Waals surface area (Å²) in [5.41, 5.74) is 3.77. The number of hydrogen-bond donors (Lipinski definition) is 1.